The lowest BCUT2D eigenvalue weighted by atomic mass is 9.83. The summed E-state index contributed by atoms with van der Waals surface area (Å²) in [6.07, 6.45) is 4.98. The fourth-order valence-corrected chi connectivity index (χ4v) is 1.74. The van der Waals surface area contributed by atoms with E-state index in [9.17, 15) is 5.11 Å². The summed E-state index contributed by atoms with van der Waals surface area (Å²) in [6.45, 7) is 3.71. The van der Waals surface area contributed by atoms with Gasteiger partial charge in [-0.2, -0.15) is 0 Å². The normalized spacial score (nSPS) is 13.3. The van der Waals surface area contributed by atoms with Crippen LogP contribution in [0.25, 0.3) is 0 Å². The summed E-state index contributed by atoms with van der Waals surface area (Å²) < 4.78 is 0. The highest BCUT2D eigenvalue weighted by molar-refractivity contribution is 5.50. The van der Waals surface area contributed by atoms with Crippen LogP contribution < -0.4 is 0 Å². The van der Waals surface area contributed by atoms with E-state index in [1.165, 1.54) is 11.1 Å². The van der Waals surface area contributed by atoms with Crippen molar-refractivity contribution >= 4 is 0 Å². The van der Waals surface area contributed by atoms with Crippen LogP contribution in [0.4, 0.5) is 0 Å². The standard InChI is InChI=1S/C11H12O/c1-2-3-8-4-7-11(12)10-6-5-9(8)10/h2,4,7,12H,1,3,5-6H2. The van der Waals surface area contributed by atoms with Crippen LogP contribution in [0.2, 0.25) is 0 Å². The summed E-state index contributed by atoms with van der Waals surface area (Å²) in [5, 5.41) is 9.42. The van der Waals surface area contributed by atoms with Gasteiger partial charge in [0.1, 0.15) is 5.75 Å². The summed E-state index contributed by atoms with van der Waals surface area (Å²) in [7, 11) is 0. The second-order valence-corrected chi connectivity index (χ2v) is 3.19. The topological polar surface area (TPSA) is 20.2 Å². The van der Waals surface area contributed by atoms with E-state index in [-0.39, 0.29) is 0 Å². The van der Waals surface area contributed by atoms with Crippen molar-refractivity contribution in [2.24, 2.45) is 0 Å². The molecule has 1 nitrogen and oxygen atoms in total. The van der Waals surface area contributed by atoms with Gasteiger partial charge in [0, 0.05) is 0 Å². The number of phenols is 1. The molecule has 0 spiro atoms. The van der Waals surface area contributed by atoms with Crippen molar-refractivity contribution in [1.29, 1.82) is 0 Å². The molecule has 0 fully saturated rings. The number of fused-ring (bicyclic) bond motifs is 1. The van der Waals surface area contributed by atoms with Gasteiger partial charge >= 0.3 is 0 Å². The molecule has 0 aromatic heterocycles. The van der Waals surface area contributed by atoms with Crippen LogP contribution in [0, 0.1) is 0 Å². The van der Waals surface area contributed by atoms with Gasteiger partial charge in [0.05, 0.1) is 0 Å². The highest BCUT2D eigenvalue weighted by Gasteiger charge is 2.19. The molecule has 0 bridgehead atoms. The molecule has 0 heterocycles. The van der Waals surface area contributed by atoms with Crippen molar-refractivity contribution in [2.45, 2.75) is 19.3 Å². The number of rotatable bonds is 2. The molecule has 1 aliphatic carbocycles. The Morgan fingerprint density at radius 3 is 2.67 bits per heavy atom. The molecule has 2 rings (SSSR count). The Hall–Kier alpha value is -1.24. The SMILES string of the molecule is C=CCc1ccc(O)c2c1CC2. The zero-order valence-electron chi connectivity index (χ0n) is 7.01. The average Bonchev–Trinajstić information content (AvgIpc) is 1.96. The lowest BCUT2D eigenvalue weighted by Crippen LogP contribution is -2.11. The van der Waals surface area contributed by atoms with Gasteiger partial charge in [-0.05, 0) is 42.0 Å². The molecule has 1 aromatic rings. The van der Waals surface area contributed by atoms with E-state index in [0.29, 0.717) is 5.75 Å². The number of benzene rings is 1. The van der Waals surface area contributed by atoms with E-state index in [0.717, 1.165) is 24.8 Å². The third-order valence-corrected chi connectivity index (χ3v) is 2.49. The van der Waals surface area contributed by atoms with Crippen molar-refractivity contribution in [3.05, 3.63) is 41.5 Å². The van der Waals surface area contributed by atoms with E-state index >= 15 is 0 Å². The molecule has 0 aliphatic heterocycles. The summed E-state index contributed by atoms with van der Waals surface area (Å²) in [5.74, 6) is 0.462. The molecule has 1 heteroatoms. The molecule has 1 aromatic carbocycles. The first kappa shape index (κ1) is 7.41. The first-order valence-corrected chi connectivity index (χ1v) is 4.26. The molecule has 0 radical (unpaired) electrons. The highest BCUT2D eigenvalue weighted by Crippen LogP contribution is 2.33. The van der Waals surface area contributed by atoms with Crippen LogP contribution in [0.3, 0.4) is 0 Å². The molecule has 0 saturated carbocycles. The van der Waals surface area contributed by atoms with Gasteiger partial charge in [-0.25, -0.2) is 0 Å². The maximum absolute atomic E-state index is 9.42. The summed E-state index contributed by atoms with van der Waals surface area (Å²) >= 11 is 0. The molecular weight excluding hydrogens is 148 g/mol. The molecule has 62 valence electrons. The first-order chi connectivity index (χ1) is 5.83. The predicted octanol–water partition coefficient (Wildman–Crippen LogP) is 2.22. The molecule has 12 heavy (non-hydrogen) atoms. The predicted molar refractivity (Wildman–Crippen MR) is 49.4 cm³/mol. The Morgan fingerprint density at radius 1 is 1.33 bits per heavy atom. The Bertz CT molecular complexity index is 326. The minimum Gasteiger partial charge on any atom is -0.508 e. The Morgan fingerprint density at radius 2 is 2.08 bits per heavy atom. The monoisotopic (exact) mass is 160 g/mol. The van der Waals surface area contributed by atoms with Gasteiger partial charge in [-0.15, -0.1) is 6.58 Å². The van der Waals surface area contributed by atoms with Crippen molar-refractivity contribution in [3.63, 3.8) is 0 Å². The molecular formula is C11H12O. The average molecular weight is 160 g/mol. The highest BCUT2D eigenvalue weighted by atomic mass is 16.3. The first-order valence-electron chi connectivity index (χ1n) is 4.26. The summed E-state index contributed by atoms with van der Waals surface area (Å²) in [6, 6.07) is 3.78. The van der Waals surface area contributed by atoms with Crippen molar-refractivity contribution < 1.29 is 5.11 Å². The third kappa shape index (κ3) is 0.934. The van der Waals surface area contributed by atoms with Crippen LogP contribution in [-0.2, 0) is 19.3 Å². The van der Waals surface area contributed by atoms with E-state index in [2.05, 4.69) is 6.58 Å². The maximum Gasteiger partial charge on any atom is 0.119 e. The largest absolute Gasteiger partial charge is 0.508 e. The van der Waals surface area contributed by atoms with Gasteiger partial charge in [-0.1, -0.05) is 12.1 Å². The fraction of sp³-hybridized carbons (Fsp3) is 0.273. The second kappa shape index (κ2) is 2.67. The van der Waals surface area contributed by atoms with Crippen molar-refractivity contribution in [2.75, 3.05) is 0 Å². The number of hydrogen-bond acceptors (Lipinski definition) is 1. The number of aromatic hydroxyl groups is 1. The van der Waals surface area contributed by atoms with Gasteiger partial charge in [-0.3, -0.25) is 0 Å². The number of phenolic OH excluding ortho intramolecular Hbond substituents is 1. The van der Waals surface area contributed by atoms with Crippen LogP contribution >= 0.6 is 0 Å². The molecule has 0 saturated heterocycles. The number of allylic oxidation sites excluding steroid dienone is 1. The quantitative estimate of drug-likeness (QED) is 0.658. The van der Waals surface area contributed by atoms with Crippen LogP contribution in [0.15, 0.2) is 24.8 Å². The smallest absolute Gasteiger partial charge is 0.119 e. The van der Waals surface area contributed by atoms with E-state index in [4.69, 9.17) is 0 Å². The van der Waals surface area contributed by atoms with Crippen molar-refractivity contribution in [3.8, 4) is 5.75 Å². The Balaban J connectivity index is 2.45. The van der Waals surface area contributed by atoms with E-state index in [1.807, 2.05) is 12.1 Å². The van der Waals surface area contributed by atoms with Crippen LogP contribution in [0.1, 0.15) is 16.7 Å². The lowest BCUT2D eigenvalue weighted by molar-refractivity contribution is 0.461. The zero-order valence-corrected chi connectivity index (χ0v) is 7.01. The Kier molecular flexibility index (Phi) is 1.65. The number of hydrogen-bond donors (Lipinski definition) is 1. The minimum atomic E-state index is 0.462. The summed E-state index contributed by atoms with van der Waals surface area (Å²) in [5.41, 5.74) is 3.81. The molecule has 1 N–H and O–H groups in total. The van der Waals surface area contributed by atoms with E-state index in [1.54, 1.807) is 6.07 Å². The maximum atomic E-state index is 9.42. The summed E-state index contributed by atoms with van der Waals surface area (Å²) in [4.78, 5) is 0. The zero-order chi connectivity index (χ0) is 8.55. The Labute approximate surface area is 72.4 Å². The van der Waals surface area contributed by atoms with Crippen LogP contribution in [0.5, 0.6) is 5.75 Å². The minimum absolute atomic E-state index is 0.462. The van der Waals surface area contributed by atoms with Gasteiger partial charge in [0.25, 0.3) is 0 Å². The fourth-order valence-electron chi connectivity index (χ4n) is 1.74. The lowest BCUT2D eigenvalue weighted by Gasteiger charge is -2.23. The van der Waals surface area contributed by atoms with Crippen LogP contribution in [-0.4, -0.2) is 5.11 Å². The van der Waals surface area contributed by atoms with Gasteiger partial charge in [0.15, 0.2) is 0 Å². The molecule has 0 unspecified atom stereocenters. The molecule has 0 amide bonds. The van der Waals surface area contributed by atoms with Gasteiger partial charge in [0.2, 0.25) is 0 Å². The van der Waals surface area contributed by atoms with Gasteiger partial charge < -0.3 is 5.11 Å². The van der Waals surface area contributed by atoms with E-state index < -0.39 is 0 Å². The molecule has 0 atom stereocenters. The second-order valence-electron chi connectivity index (χ2n) is 3.19. The molecule has 1 aliphatic rings. The van der Waals surface area contributed by atoms with Crippen molar-refractivity contribution in [1.82, 2.24) is 0 Å². The third-order valence-electron chi connectivity index (χ3n) is 2.49.